The minimum atomic E-state index is -1.06. The monoisotopic (exact) mass is 460 g/mol. The van der Waals surface area contributed by atoms with E-state index in [4.69, 9.17) is 23.2 Å². The van der Waals surface area contributed by atoms with Gasteiger partial charge in [0.05, 0.1) is 21.3 Å². The molecule has 0 amide bonds. The smallest absolute Gasteiger partial charge is 0.356 e. The molecule has 1 N–H and O–H groups in total. The summed E-state index contributed by atoms with van der Waals surface area (Å²) >= 11 is 14.1. The molecular formula is C23H22Cl2N2O2S. The molecule has 30 heavy (non-hydrogen) atoms. The van der Waals surface area contributed by atoms with E-state index in [1.807, 2.05) is 6.07 Å². The molecule has 4 rings (SSSR count). The Kier molecular flexibility index (Phi) is 6.32. The Morgan fingerprint density at radius 3 is 2.67 bits per heavy atom. The summed E-state index contributed by atoms with van der Waals surface area (Å²) in [6, 6.07) is 9.19. The molecule has 1 fully saturated rings. The molecule has 156 valence electrons. The quantitative estimate of drug-likeness (QED) is 0.428. The number of carbonyl (C=O) groups is 1. The SMILES string of the molecule is Cc1c(C(=O)O)nn(-c2ccc(Cl)cc2Cl)c1-c1ccc(C=CC2CCCCC2)s1. The van der Waals surface area contributed by atoms with E-state index < -0.39 is 5.97 Å². The van der Waals surface area contributed by atoms with E-state index in [0.717, 1.165) is 15.4 Å². The minimum absolute atomic E-state index is 0.0173. The molecular weight excluding hydrogens is 439 g/mol. The van der Waals surface area contributed by atoms with E-state index in [2.05, 4.69) is 23.3 Å². The Hall–Kier alpha value is -2.08. The highest BCUT2D eigenvalue weighted by molar-refractivity contribution is 7.16. The fourth-order valence-electron chi connectivity index (χ4n) is 3.94. The van der Waals surface area contributed by atoms with E-state index >= 15 is 0 Å². The van der Waals surface area contributed by atoms with Gasteiger partial charge in [-0.1, -0.05) is 48.5 Å². The van der Waals surface area contributed by atoms with Gasteiger partial charge in [0.1, 0.15) is 0 Å². The molecule has 1 aliphatic carbocycles. The van der Waals surface area contributed by atoms with Crippen LogP contribution in [0.4, 0.5) is 0 Å². The largest absolute Gasteiger partial charge is 0.476 e. The molecule has 2 aromatic heterocycles. The third kappa shape index (κ3) is 4.34. The predicted octanol–water partition coefficient (Wildman–Crippen LogP) is 7.51. The third-order valence-corrected chi connectivity index (χ3v) is 7.10. The first kappa shape index (κ1) is 21.2. The van der Waals surface area contributed by atoms with E-state index in [0.29, 0.717) is 27.2 Å². The van der Waals surface area contributed by atoms with Crippen LogP contribution in [0.2, 0.25) is 10.0 Å². The average Bonchev–Trinajstić information content (AvgIpc) is 3.31. The van der Waals surface area contributed by atoms with Crippen LogP contribution in [0.3, 0.4) is 0 Å². The molecule has 0 spiro atoms. The Labute approximate surface area is 189 Å². The van der Waals surface area contributed by atoms with E-state index in [1.54, 1.807) is 41.1 Å². The average molecular weight is 461 g/mol. The number of hydrogen-bond donors (Lipinski definition) is 1. The molecule has 0 radical (unpaired) electrons. The van der Waals surface area contributed by atoms with Crippen LogP contribution in [-0.4, -0.2) is 20.9 Å². The summed E-state index contributed by atoms with van der Waals surface area (Å²) in [5, 5.41) is 14.9. The van der Waals surface area contributed by atoms with Crippen LogP contribution >= 0.6 is 34.5 Å². The Morgan fingerprint density at radius 1 is 1.20 bits per heavy atom. The Morgan fingerprint density at radius 2 is 1.97 bits per heavy atom. The van der Waals surface area contributed by atoms with Crippen molar-refractivity contribution >= 4 is 46.6 Å². The second-order valence-electron chi connectivity index (χ2n) is 7.59. The number of benzene rings is 1. The van der Waals surface area contributed by atoms with Crippen LogP contribution in [0.5, 0.6) is 0 Å². The van der Waals surface area contributed by atoms with Crippen molar-refractivity contribution in [2.45, 2.75) is 39.0 Å². The van der Waals surface area contributed by atoms with Gasteiger partial charge in [-0.2, -0.15) is 5.10 Å². The number of allylic oxidation sites excluding steroid dienone is 1. The number of carboxylic acids is 1. The summed E-state index contributed by atoms with van der Waals surface area (Å²) in [6.45, 7) is 1.78. The number of halogens is 2. The normalized spacial score (nSPS) is 15.2. The highest BCUT2D eigenvalue weighted by Crippen LogP contribution is 2.37. The molecule has 2 heterocycles. The van der Waals surface area contributed by atoms with Crippen LogP contribution in [0.25, 0.3) is 22.3 Å². The van der Waals surface area contributed by atoms with Crippen molar-refractivity contribution in [2.24, 2.45) is 5.92 Å². The van der Waals surface area contributed by atoms with Crippen molar-refractivity contribution < 1.29 is 9.90 Å². The van der Waals surface area contributed by atoms with Gasteiger partial charge in [0.25, 0.3) is 0 Å². The topological polar surface area (TPSA) is 55.1 Å². The molecule has 4 nitrogen and oxygen atoms in total. The molecule has 0 unspecified atom stereocenters. The Balaban J connectivity index is 1.74. The van der Waals surface area contributed by atoms with Gasteiger partial charge in [0.15, 0.2) is 5.69 Å². The zero-order valence-electron chi connectivity index (χ0n) is 16.6. The van der Waals surface area contributed by atoms with E-state index in [9.17, 15) is 9.90 Å². The van der Waals surface area contributed by atoms with Crippen LogP contribution < -0.4 is 0 Å². The summed E-state index contributed by atoms with van der Waals surface area (Å²) in [6.07, 6.45) is 11.0. The van der Waals surface area contributed by atoms with Crippen LogP contribution in [0.1, 0.15) is 53.0 Å². The lowest BCUT2D eigenvalue weighted by atomic mass is 9.89. The molecule has 3 aromatic rings. The van der Waals surface area contributed by atoms with Gasteiger partial charge in [-0.15, -0.1) is 11.3 Å². The molecule has 1 saturated carbocycles. The lowest BCUT2D eigenvalue weighted by molar-refractivity contribution is 0.0689. The first-order valence-electron chi connectivity index (χ1n) is 10.0. The first-order chi connectivity index (χ1) is 14.4. The summed E-state index contributed by atoms with van der Waals surface area (Å²) < 4.78 is 1.61. The molecule has 1 aliphatic rings. The van der Waals surface area contributed by atoms with Crippen LogP contribution in [0.15, 0.2) is 36.4 Å². The minimum Gasteiger partial charge on any atom is -0.476 e. The number of rotatable bonds is 5. The van der Waals surface area contributed by atoms with Gasteiger partial charge < -0.3 is 5.11 Å². The highest BCUT2D eigenvalue weighted by atomic mass is 35.5. The van der Waals surface area contributed by atoms with Gasteiger partial charge in [-0.3, -0.25) is 0 Å². The molecule has 7 heteroatoms. The highest BCUT2D eigenvalue weighted by Gasteiger charge is 2.23. The van der Waals surface area contributed by atoms with Gasteiger partial charge in [0.2, 0.25) is 0 Å². The molecule has 0 aliphatic heterocycles. The third-order valence-electron chi connectivity index (χ3n) is 5.51. The standard InChI is InChI=1S/C23H22Cl2N2O2S/c1-14-21(23(28)29)26-27(19-11-8-16(24)13-18(19)25)22(14)20-12-10-17(30-20)9-7-15-5-3-2-4-6-15/h7-13,15H,2-6H2,1H3,(H,28,29). The number of hydrogen-bond acceptors (Lipinski definition) is 3. The van der Waals surface area contributed by atoms with Gasteiger partial charge in [-0.25, -0.2) is 9.48 Å². The lowest BCUT2D eigenvalue weighted by Gasteiger charge is -2.17. The Bertz CT molecular complexity index is 1110. The lowest BCUT2D eigenvalue weighted by Crippen LogP contribution is -2.02. The van der Waals surface area contributed by atoms with Crippen molar-refractivity contribution in [1.82, 2.24) is 9.78 Å². The number of aromatic nitrogens is 2. The van der Waals surface area contributed by atoms with Crippen LogP contribution in [-0.2, 0) is 0 Å². The molecule has 0 bridgehead atoms. The number of carboxylic acid groups (broad SMARTS) is 1. The molecule has 0 atom stereocenters. The summed E-state index contributed by atoms with van der Waals surface area (Å²) in [4.78, 5) is 13.8. The maximum absolute atomic E-state index is 11.7. The van der Waals surface area contributed by atoms with Crippen molar-refractivity contribution in [2.75, 3.05) is 0 Å². The second kappa shape index (κ2) is 8.96. The molecule has 1 aromatic carbocycles. The van der Waals surface area contributed by atoms with Crippen molar-refractivity contribution in [3.63, 3.8) is 0 Å². The van der Waals surface area contributed by atoms with Crippen molar-refractivity contribution in [3.8, 4) is 16.3 Å². The van der Waals surface area contributed by atoms with Gasteiger partial charge >= 0.3 is 5.97 Å². The second-order valence-corrected chi connectivity index (χ2v) is 9.55. The summed E-state index contributed by atoms with van der Waals surface area (Å²) in [5.41, 5.74) is 1.96. The first-order valence-corrected chi connectivity index (χ1v) is 11.6. The zero-order chi connectivity index (χ0) is 21.3. The fourth-order valence-corrected chi connectivity index (χ4v) is 5.44. The van der Waals surface area contributed by atoms with Gasteiger partial charge in [0, 0.05) is 15.5 Å². The fraction of sp³-hybridized carbons (Fsp3) is 0.304. The van der Waals surface area contributed by atoms with E-state index in [1.165, 1.54) is 32.1 Å². The van der Waals surface area contributed by atoms with Crippen LogP contribution in [0, 0.1) is 12.8 Å². The number of nitrogens with zero attached hydrogens (tertiary/aromatic N) is 2. The van der Waals surface area contributed by atoms with Crippen molar-refractivity contribution in [3.05, 3.63) is 62.6 Å². The predicted molar refractivity (Wildman–Crippen MR) is 124 cm³/mol. The molecule has 0 saturated heterocycles. The van der Waals surface area contributed by atoms with E-state index in [-0.39, 0.29) is 5.69 Å². The number of thiophene rings is 1. The zero-order valence-corrected chi connectivity index (χ0v) is 18.9. The van der Waals surface area contributed by atoms with Crippen molar-refractivity contribution in [1.29, 1.82) is 0 Å². The summed E-state index contributed by atoms with van der Waals surface area (Å²) in [7, 11) is 0. The summed E-state index contributed by atoms with van der Waals surface area (Å²) in [5.74, 6) is -0.408. The van der Waals surface area contributed by atoms with Gasteiger partial charge in [-0.05, 0) is 62.1 Å². The maximum Gasteiger partial charge on any atom is 0.356 e. The maximum atomic E-state index is 11.7. The number of aromatic carboxylic acids is 1.